The van der Waals surface area contributed by atoms with E-state index in [9.17, 15) is 14.9 Å². The second-order valence-electron chi connectivity index (χ2n) is 8.41. The van der Waals surface area contributed by atoms with Crippen LogP contribution in [0.1, 0.15) is 41.2 Å². The zero-order chi connectivity index (χ0) is 26.7. The first kappa shape index (κ1) is 26.4. The summed E-state index contributed by atoms with van der Waals surface area (Å²) in [5.41, 5.74) is 3.43. The first-order chi connectivity index (χ1) is 17.7. The van der Waals surface area contributed by atoms with E-state index in [0.717, 1.165) is 15.5 Å². The van der Waals surface area contributed by atoms with Crippen LogP contribution in [0, 0.1) is 17.0 Å². The number of hydrogen-bond donors (Lipinski definition) is 0. The van der Waals surface area contributed by atoms with E-state index < -0.39 is 10.9 Å². The number of carbonyl (C=O) groups excluding carboxylic acids is 1. The van der Waals surface area contributed by atoms with Crippen molar-refractivity contribution in [2.24, 2.45) is 0 Å². The maximum absolute atomic E-state index is 13.0. The fourth-order valence-corrected chi connectivity index (χ4v) is 6.36. The molecule has 0 spiro atoms. The highest BCUT2D eigenvalue weighted by Crippen LogP contribution is 2.41. The van der Waals surface area contributed by atoms with Crippen molar-refractivity contribution in [2.45, 2.75) is 36.7 Å². The Balaban J connectivity index is 1.87. The van der Waals surface area contributed by atoms with Gasteiger partial charge in [-0.05, 0) is 19.1 Å². The third kappa shape index (κ3) is 5.52. The van der Waals surface area contributed by atoms with Gasteiger partial charge < -0.3 is 9.47 Å². The molecule has 0 radical (unpaired) electrons. The van der Waals surface area contributed by atoms with E-state index in [1.165, 1.54) is 29.2 Å². The number of nitro groups is 1. The van der Waals surface area contributed by atoms with E-state index in [1.807, 2.05) is 24.3 Å². The van der Waals surface area contributed by atoms with Gasteiger partial charge in [0.1, 0.15) is 5.75 Å². The zero-order valence-electron chi connectivity index (χ0n) is 21.0. The molecule has 0 amide bonds. The number of thioether (sulfide) groups is 1. The van der Waals surface area contributed by atoms with Crippen molar-refractivity contribution in [3.8, 4) is 22.1 Å². The highest BCUT2D eigenvalue weighted by molar-refractivity contribution is 8.01. The van der Waals surface area contributed by atoms with Gasteiger partial charge in [-0.2, -0.15) is 9.78 Å². The maximum Gasteiger partial charge on any atom is 0.357 e. The van der Waals surface area contributed by atoms with Crippen molar-refractivity contribution in [1.29, 1.82) is 0 Å². The van der Waals surface area contributed by atoms with Crippen LogP contribution >= 0.6 is 23.1 Å². The number of nitrogens with zero attached hydrogens (tertiary/aromatic N) is 4. The van der Waals surface area contributed by atoms with E-state index in [2.05, 4.69) is 18.9 Å². The van der Waals surface area contributed by atoms with Crippen LogP contribution in [0.4, 0.5) is 5.69 Å². The number of hydrogen-bond acceptors (Lipinski definition) is 9. The van der Waals surface area contributed by atoms with Crippen LogP contribution in [0.5, 0.6) is 5.75 Å². The molecule has 0 saturated carbocycles. The van der Waals surface area contributed by atoms with E-state index in [0.29, 0.717) is 33.0 Å². The van der Waals surface area contributed by atoms with Gasteiger partial charge >= 0.3 is 5.97 Å². The Morgan fingerprint density at radius 3 is 2.62 bits per heavy atom. The Morgan fingerprint density at radius 1 is 1.19 bits per heavy atom. The minimum Gasteiger partial charge on any atom is -0.497 e. The molecular weight excluding hydrogens is 512 g/mol. The van der Waals surface area contributed by atoms with Crippen molar-refractivity contribution in [3.05, 3.63) is 81.2 Å². The predicted octanol–water partition coefficient (Wildman–Crippen LogP) is 6.10. The molecule has 0 saturated heterocycles. The van der Waals surface area contributed by atoms with E-state index in [4.69, 9.17) is 14.5 Å². The minimum atomic E-state index is -0.592. The molecule has 37 heavy (non-hydrogen) atoms. The Kier molecular flexibility index (Phi) is 7.94. The van der Waals surface area contributed by atoms with Crippen LogP contribution in [0.2, 0.25) is 0 Å². The summed E-state index contributed by atoms with van der Waals surface area (Å²) < 4.78 is 13.0. The number of esters is 1. The highest BCUT2D eigenvalue weighted by atomic mass is 32.2. The van der Waals surface area contributed by atoms with E-state index in [1.54, 1.807) is 44.0 Å². The molecular formula is C26H26N4O5S2. The predicted molar refractivity (Wildman–Crippen MR) is 144 cm³/mol. The second-order valence-corrected chi connectivity index (χ2v) is 11.2. The summed E-state index contributed by atoms with van der Waals surface area (Å²) in [5.74, 6) is 0.120. The summed E-state index contributed by atoms with van der Waals surface area (Å²) in [6, 6.07) is 14.1. The molecule has 0 aliphatic carbocycles. The third-order valence-corrected chi connectivity index (χ3v) is 7.81. The number of carbonyl (C=O) groups is 1. The number of rotatable bonds is 9. The molecule has 0 fully saturated rings. The minimum absolute atomic E-state index is 0.0179. The van der Waals surface area contributed by atoms with Crippen LogP contribution < -0.4 is 4.74 Å². The quantitative estimate of drug-likeness (QED) is 0.109. The molecule has 2 heterocycles. The van der Waals surface area contributed by atoms with Gasteiger partial charge in [-0.15, -0.1) is 11.8 Å². The number of ether oxygens (including phenoxy) is 2. The molecule has 2 aromatic heterocycles. The SMILES string of the molecule is COC(=O)c1c(Cc2ccccc2[N+](=O)[O-])c(C)nn1-c1nc(-c2cccc(OC)c2)c(SC(C)C)s1. The summed E-state index contributed by atoms with van der Waals surface area (Å²) in [4.78, 5) is 29.1. The van der Waals surface area contributed by atoms with Gasteiger partial charge in [-0.1, -0.05) is 55.5 Å². The second kappa shape index (κ2) is 11.1. The number of thiazole rings is 1. The smallest absolute Gasteiger partial charge is 0.357 e. The molecule has 11 heteroatoms. The van der Waals surface area contributed by atoms with Gasteiger partial charge in [-0.25, -0.2) is 9.78 Å². The first-order valence-corrected chi connectivity index (χ1v) is 13.1. The number of methoxy groups -OCH3 is 2. The molecule has 9 nitrogen and oxygen atoms in total. The number of aromatic nitrogens is 3. The van der Waals surface area contributed by atoms with Crippen molar-refractivity contribution in [2.75, 3.05) is 14.2 Å². The largest absolute Gasteiger partial charge is 0.497 e. The summed E-state index contributed by atoms with van der Waals surface area (Å²) in [6.45, 7) is 5.97. The Hall–Kier alpha value is -3.70. The average Bonchev–Trinajstić information content (AvgIpc) is 3.44. The summed E-state index contributed by atoms with van der Waals surface area (Å²) in [7, 11) is 2.91. The number of para-hydroxylation sites is 1. The van der Waals surface area contributed by atoms with Gasteiger partial charge in [0.2, 0.25) is 5.13 Å². The molecule has 0 N–H and O–H groups in total. The molecule has 0 aliphatic rings. The number of nitro benzene ring substituents is 1. The normalized spacial score (nSPS) is 11.1. The van der Waals surface area contributed by atoms with E-state index in [-0.39, 0.29) is 17.8 Å². The van der Waals surface area contributed by atoms with Gasteiger partial charge in [0.15, 0.2) is 5.69 Å². The van der Waals surface area contributed by atoms with Crippen molar-refractivity contribution in [1.82, 2.24) is 14.8 Å². The van der Waals surface area contributed by atoms with Gasteiger partial charge in [0.05, 0.1) is 34.7 Å². The van der Waals surface area contributed by atoms with Gasteiger partial charge in [-0.3, -0.25) is 10.1 Å². The molecule has 192 valence electrons. The van der Waals surface area contributed by atoms with Gasteiger partial charge in [0, 0.05) is 34.4 Å². The zero-order valence-corrected chi connectivity index (χ0v) is 22.7. The van der Waals surface area contributed by atoms with E-state index >= 15 is 0 Å². The lowest BCUT2D eigenvalue weighted by Gasteiger charge is -2.07. The molecule has 0 atom stereocenters. The number of aryl methyl sites for hydroxylation is 1. The Morgan fingerprint density at radius 2 is 1.95 bits per heavy atom. The van der Waals surface area contributed by atoms with Crippen LogP contribution in [0.3, 0.4) is 0 Å². The van der Waals surface area contributed by atoms with Crippen LogP contribution in [0.15, 0.2) is 52.7 Å². The molecule has 2 aromatic carbocycles. The summed E-state index contributed by atoms with van der Waals surface area (Å²) >= 11 is 3.09. The highest BCUT2D eigenvalue weighted by Gasteiger charge is 2.28. The topological polar surface area (TPSA) is 109 Å². The fourth-order valence-electron chi connectivity index (χ4n) is 3.88. The maximum atomic E-state index is 13.0. The Bertz CT molecular complexity index is 1460. The Labute approximate surface area is 222 Å². The van der Waals surface area contributed by atoms with Crippen molar-refractivity contribution < 1.29 is 19.2 Å². The van der Waals surface area contributed by atoms with Gasteiger partial charge in [0.25, 0.3) is 5.69 Å². The fraction of sp³-hybridized carbons (Fsp3) is 0.269. The summed E-state index contributed by atoms with van der Waals surface area (Å²) in [5, 5.41) is 17.0. The van der Waals surface area contributed by atoms with Crippen molar-refractivity contribution >= 4 is 34.8 Å². The molecule has 4 rings (SSSR count). The molecule has 0 aliphatic heterocycles. The first-order valence-electron chi connectivity index (χ1n) is 11.4. The van der Waals surface area contributed by atoms with Crippen LogP contribution in [0.25, 0.3) is 16.4 Å². The standard InChI is InChI=1S/C26H26N4O5S2/c1-15(2)36-25-22(18-10-8-11-19(13-18)34-4)27-26(37-25)29-23(24(31)35-5)20(16(3)28-29)14-17-9-6-7-12-21(17)30(32)33/h6-13,15H,14H2,1-5H3. The monoisotopic (exact) mass is 538 g/mol. The lowest BCUT2D eigenvalue weighted by molar-refractivity contribution is -0.385. The van der Waals surface area contributed by atoms with Crippen LogP contribution in [-0.4, -0.2) is 45.1 Å². The average molecular weight is 539 g/mol. The lowest BCUT2D eigenvalue weighted by Crippen LogP contribution is -2.13. The molecule has 0 unspecified atom stereocenters. The number of benzene rings is 2. The molecule has 4 aromatic rings. The van der Waals surface area contributed by atoms with Crippen molar-refractivity contribution in [3.63, 3.8) is 0 Å². The summed E-state index contributed by atoms with van der Waals surface area (Å²) in [6.07, 6.45) is 0.148. The third-order valence-electron chi connectivity index (χ3n) is 5.57. The van der Waals surface area contributed by atoms with Crippen LogP contribution in [-0.2, 0) is 11.2 Å². The molecule has 0 bridgehead atoms. The lowest BCUT2D eigenvalue weighted by atomic mass is 10.0.